The van der Waals surface area contributed by atoms with Gasteiger partial charge in [0.25, 0.3) is 0 Å². The second kappa shape index (κ2) is 2.71. The molecule has 2 fully saturated rings. The molecule has 0 bridgehead atoms. The van der Waals surface area contributed by atoms with E-state index in [1.54, 1.807) is 0 Å². The molecule has 4 heteroatoms. The van der Waals surface area contributed by atoms with E-state index in [-0.39, 0.29) is 12.0 Å². The highest BCUT2D eigenvalue weighted by molar-refractivity contribution is 4.87. The van der Waals surface area contributed by atoms with Gasteiger partial charge < -0.3 is 9.47 Å². The molecule has 0 radical (unpaired) electrons. The minimum absolute atomic E-state index is 0.0185. The number of ether oxygens (including phenoxy) is 2. The van der Waals surface area contributed by atoms with Crippen LogP contribution in [0.25, 0.3) is 0 Å². The largest absolute Gasteiger partial charge is 0.357 e. The molecule has 0 aromatic heterocycles. The fourth-order valence-corrected chi connectivity index (χ4v) is 1.56. The molecule has 2 saturated heterocycles. The number of hydrogen-bond donors (Lipinski definition) is 2. The number of rotatable bonds is 1. The van der Waals surface area contributed by atoms with Crippen molar-refractivity contribution in [2.24, 2.45) is 0 Å². The zero-order valence-corrected chi connectivity index (χ0v) is 6.72. The topological polar surface area (TPSA) is 42.5 Å². The predicted octanol–water partition coefficient (Wildman–Crippen LogP) is -0.732. The van der Waals surface area contributed by atoms with E-state index >= 15 is 0 Å². The van der Waals surface area contributed by atoms with Gasteiger partial charge in [-0.3, -0.25) is 10.6 Å². The molecule has 0 spiro atoms. The Kier molecular flexibility index (Phi) is 1.85. The van der Waals surface area contributed by atoms with Gasteiger partial charge in [-0.05, 0) is 6.92 Å². The van der Waals surface area contributed by atoms with Crippen molar-refractivity contribution < 1.29 is 9.47 Å². The first-order valence-corrected chi connectivity index (χ1v) is 4.05. The summed E-state index contributed by atoms with van der Waals surface area (Å²) in [4.78, 5) is 0. The summed E-state index contributed by atoms with van der Waals surface area (Å²) in [6.07, 6.45) is 0.0185. The average molecular weight is 158 g/mol. The molecule has 11 heavy (non-hydrogen) atoms. The molecular weight excluding hydrogens is 144 g/mol. The van der Waals surface area contributed by atoms with Crippen molar-refractivity contribution in [1.29, 1.82) is 0 Å². The molecule has 0 amide bonds. The van der Waals surface area contributed by atoms with Crippen LogP contribution in [-0.4, -0.2) is 38.3 Å². The maximum Gasteiger partial charge on any atom is 0.156 e. The SMILES string of the molecule is CC1(C2NCCO2)NCCO1. The molecule has 64 valence electrons. The van der Waals surface area contributed by atoms with Gasteiger partial charge in [0.2, 0.25) is 0 Å². The van der Waals surface area contributed by atoms with Crippen LogP contribution < -0.4 is 10.6 Å². The lowest BCUT2D eigenvalue weighted by Gasteiger charge is -2.29. The Morgan fingerprint density at radius 2 is 2.27 bits per heavy atom. The molecule has 0 saturated carbocycles. The number of nitrogens with one attached hydrogen (secondary N) is 2. The Labute approximate surface area is 66.2 Å². The zero-order valence-electron chi connectivity index (χ0n) is 6.72. The maximum atomic E-state index is 5.53. The van der Waals surface area contributed by atoms with Gasteiger partial charge in [-0.25, -0.2) is 0 Å². The molecule has 2 aliphatic heterocycles. The smallest absolute Gasteiger partial charge is 0.156 e. The summed E-state index contributed by atoms with van der Waals surface area (Å²) in [5.41, 5.74) is -0.309. The van der Waals surface area contributed by atoms with Gasteiger partial charge in [-0.1, -0.05) is 0 Å². The van der Waals surface area contributed by atoms with E-state index < -0.39 is 0 Å². The molecule has 2 N–H and O–H groups in total. The Morgan fingerprint density at radius 3 is 2.82 bits per heavy atom. The molecule has 2 unspecified atom stereocenters. The monoisotopic (exact) mass is 158 g/mol. The Bertz CT molecular complexity index is 139. The van der Waals surface area contributed by atoms with Crippen molar-refractivity contribution in [3.63, 3.8) is 0 Å². The summed E-state index contributed by atoms with van der Waals surface area (Å²) in [5.74, 6) is 0. The molecule has 2 heterocycles. The van der Waals surface area contributed by atoms with Crippen LogP contribution in [0.5, 0.6) is 0 Å². The van der Waals surface area contributed by atoms with Gasteiger partial charge in [0.1, 0.15) is 0 Å². The quantitative estimate of drug-likeness (QED) is 0.528. The molecule has 2 atom stereocenters. The van der Waals surface area contributed by atoms with Crippen LogP contribution >= 0.6 is 0 Å². The van der Waals surface area contributed by atoms with Gasteiger partial charge >= 0.3 is 0 Å². The summed E-state index contributed by atoms with van der Waals surface area (Å²) in [7, 11) is 0. The lowest BCUT2D eigenvalue weighted by atomic mass is 10.2. The van der Waals surface area contributed by atoms with Gasteiger partial charge in [-0.2, -0.15) is 0 Å². The lowest BCUT2D eigenvalue weighted by Crippen LogP contribution is -2.54. The van der Waals surface area contributed by atoms with Crippen LogP contribution in [0.2, 0.25) is 0 Å². The van der Waals surface area contributed by atoms with E-state index in [2.05, 4.69) is 10.6 Å². The molecule has 0 aromatic carbocycles. The first-order valence-electron chi connectivity index (χ1n) is 4.05. The van der Waals surface area contributed by atoms with E-state index in [0.29, 0.717) is 0 Å². The van der Waals surface area contributed by atoms with E-state index in [0.717, 1.165) is 26.3 Å². The highest BCUT2D eigenvalue weighted by Crippen LogP contribution is 2.19. The van der Waals surface area contributed by atoms with Crippen molar-refractivity contribution >= 4 is 0 Å². The molecular formula is C7H14N2O2. The van der Waals surface area contributed by atoms with E-state index in [9.17, 15) is 0 Å². The first kappa shape index (κ1) is 7.49. The maximum absolute atomic E-state index is 5.53. The Hall–Kier alpha value is -0.160. The third kappa shape index (κ3) is 1.27. The normalized spacial score (nSPS) is 45.0. The molecule has 2 aliphatic rings. The van der Waals surface area contributed by atoms with Gasteiger partial charge in [0.15, 0.2) is 12.0 Å². The summed E-state index contributed by atoms with van der Waals surface area (Å²) < 4.78 is 11.0. The molecule has 0 aromatic rings. The second-order valence-corrected chi connectivity index (χ2v) is 3.09. The van der Waals surface area contributed by atoms with E-state index in [1.807, 2.05) is 6.92 Å². The van der Waals surface area contributed by atoms with Crippen LogP contribution in [0.1, 0.15) is 6.92 Å². The van der Waals surface area contributed by atoms with Crippen LogP contribution in [-0.2, 0) is 9.47 Å². The van der Waals surface area contributed by atoms with Gasteiger partial charge in [0.05, 0.1) is 13.2 Å². The summed E-state index contributed by atoms with van der Waals surface area (Å²) in [6.45, 7) is 5.41. The Balaban J connectivity index is 2.00. The van der Waals surface area contributed by atoms with Crippen molar-refractivity contribution in [2.45, 2.75) is 18.9 Å². The van der Waals surface area contributed by atoms with Crippen LogP contribution in [0.15, 0.2) is 0 Å². The fourth-order valence-electron chi connectivity index (χ4n) is 1.56. The van der Waals surface area contributed by atoms with Crippen molar-refractivity contribution in [1.82, 2.24) is 10.6 Å². The number of hydrogen-bond acceptors (Lipinski definition) is 4. The molecule has 2 rings (SSSR count). The van der Waals surface area contributed by atoms with E-state index in [1.165, 1.54) is 0 Å². The third-order valence-electron chi connectivity index (χ3n) is 2.20. The van der Waals surface area contributed by atoms with Crippen LogP contribution in [0.4, 0.5) is 0 Å². The van der Waals surface area contributed by atoms with Crippen molar-refractivity contribution in [3.05, 3.63) is 0 Å². The highest BCUT2D eigenvalue weighted by Gasteiger charge is 2.40. The standard InChI is InChI=1S/C7H14N2O2/c1-7(9-3-5-11-7)6-8-2-4-10-6/h6,8-9H,2-5H2,1H3. The van der Waals surface area contributed by atoms with Gasteiger partial charge in [0, 0.05) is 13.1 Å². The predicted molar refractivity (Wildman–Crippen MR) is 40.1 cm³/mol. The minimum atomic E-state index is -0.309. The first-order chi connectivity index (χ1) is 5.31. The minimum Gasteiger partial charge on any atom is -0.357 e. The Morgan fingerprint density at radius 1 is 1.36 bits per heavy atom. The fraction of sp³-hybridized carbons (Fsp3) is 1.00. The molecule has 0 aliphatic carbocycles. The summed E-state index contributed by atoms with van der Waals surface area (Å²) in [6, 6.07) is 0. The lowest BCUT2D eigenvalue weighted by molar-refractivity contribution is -0.105. The summed E-state index contributed by atoms with van der Waals surface area (Å²) >= 11 is 0. The van der Waals surface area contributed by atoms with Gasteiger partial charge in [-0.15, -0.1) is 0 Å². The highest BCUT2D eigenvalue weighted by atomic mass is 16.6. The van der Waals surface area contributed by atoms with Crippen molar-refractivity contribution in [3.8, 4) is 0 Å². The van der Waals surface area contributed by atoms with Crippen LogP contribution in [0, 0.1) is 0 Å². The third-order valence-corrected chi connectivity index (χ3v) is 2.20. The van der Waals surface area contributed by atoms with Crippen LogP contribution in [0.3, 0.4) is 0 Å². The summed E-state index contributed by atoms with van der Waals surface area (Å²) in [5, 5.41) is 6.49. The second-order valence-electron chi connectivity index (χ2n) is 3.09. The molecule has 4 nitrogen and oxygen atoms in total. The average Bonchev–Trinajstić information content (AvgIpc) is 2.55. The van der Waals surface area contributed by atoms with E-state index in [4.69, 9.17) is 9.47 Å². The van der Waals surface area contributed by atoms with Crippen molar-refractivity contribution in [2.75, 3.05) is 26.3 Å². The zero-order chi connectivity index (χ0) is 7.73.